The summed E-state index contributed by atoms with van der Waals surface area (Å²) >= 11 is 0. The van der Waals surface area contributed by atoms with Crippen molar-refractivity contribution in [2.75, 3.05) is 0 Å². The fraction of sp³-hybridized carbons (Fsp3) is 0. The molecule has 0 aromatic heterocycles. The van der Waals surface area contributed by atoms with Gasteiger partial charge >= 0.3 is 29.6 Å². The maximum absolute atomic E-state index is 9.78. The van der Waals surface area contributed by atoms with Gasteiger partial charge in [-0.2, -0.15) is 7.11 Å². The van der Waals surface area contributed by atoms with Crippen molar-refractivity contribution in [2.45, 2.75) is 0 Å². The van der Waals surface area contributed by atoms with Crippen LogP contribution in [0.5, 0.6) is 0 Å². The zero-order chi connectivity index (χ0) is 4.99. The molecule has 0 amide bonds. The van der Waals surface area contributed by atoms with E-state index in [1.54, 1.807) is 0 Å². The van der Waals surface area contributed by atoms with Crippen LogP contribution in [0.4, 0.5) is 0 Å². The zero-order valence-electron chi connectivity index (χ0n) is 4.31. The Hall–Kier alpha value is 0.210. The van der Waals surface area contributed by atoms with Crippen molar-refractivity contribution in [3.8, 4) is 0 Å². The van der Waals surface area contributed by atoms with Gasteiger partial charge in [0, 0.05) is 6.08 Å². The minimum atomic E-state index is -0.505. The maximum atomic E-state index is 9.78. The normalized spacial score (nSPS) is 5.86. The predicted octanol–water partition coefficient (Wildman–Crippen LogP) is -2.49. The van der Waals surface area contributed by atoms with Crippen molar-refractivity contribution in [2.24, 2.45) is 0 Å². The van der Waals surface area contributed by atoms with Gasteiger partial charge in [-0.25, -0.2) is 4.79 Å². The van der Waals surface area contributed by atoms with Crippen LogP contribution in [0, 0.1) is 7.11 Å². The molecule has 0 aromatic carbocycles. The fourth-order valence-corrected chi connectivity index (χ4v) is 0.0589. The van der Waals surface area contributed by atoms with E-state index in [-0.39, 0.29) is 29.6 Å². The van der Waals surface area contributed by atoms with Gasteiger partial charge in [-0.3, -0.25) is 0 Å². The summed E-state index contributed by atoms with van der Waals surface area (Å²) in [6.07, 6.45) is 1.05. The van der Waals surface area contributed by atoms with Gasteiger partial charge in [0.15, 0.2) is 0 Å². The fourth-order valence-electron chi connectivity index (χ4n) is 0.0589. The average Bonchev–Trinajstić information content (AvgIpc) is 1.65. The van der Waals surface area contributed by atoms with E-state index in [2.05, 4.69) is 18.4 Å². The van der Waals surface area contributed by atoms with E-state index < -0.39 is 5.97 Å². The second-order valence-electron chi connectivity index (χ2n) is 0.667. The quantitative estimate of drug-likeness (QED) is 0.161. The SMILES string of the molecule is C=CC(=O)O[CH2-].[Na+]. The molecule has 34 valence electrons. The van der Waals surface area contributed by atoms with E-state index in [0.29, 0.717) is 0 Å². The molecule has 0 saturated carbocycles. The molecule has 0 rings (SSSR count). The molecule has 0 aromatic rings. The second kappa shape index (κ2) is 6.21. The Bertz CT molecular complexity index is 70.1. The van der Waals surface area contributed by atoms with Crippen LogP contribution in [0.25, 0.3) is 0 Å². The van der Waals surface area contributed by atoms with Crippen molar-refractivity contribution < 1.29 is 39.1 Å². The summed E-state index contributed by atoms with van der Waals surface area (Å²) < 4.78 is 3.89. The Kier molecular flexibility index (Phi) is 9.09. The molecule has 0 aliphatic rings. The van der Waals surface area contributed by atoms with E-state index in [0.717, 1.165) is 6.08 Å². The van der Waals surface area contributed by atoms with Crippen molar-refractivity contribution in [3.63, 3.8) is 0 Å². The van der Waals surface area contributed by atoms with Crippen molar-refractivity contribution in [3.05, 3.63) is 19.8 Å². The summed E-state index contributed by atoms with van der Waals surface area (Å²) in [5, 5.41) is 0. The van der Waals surface area contributed by atoms with Gasteiger partial charge in [-0.1, -0.05) is 6.58 Å². The third kappa shape index (κ3) is 6.21. The van der Waals surface area contributed by atoms with Crippen LogP contribution in [0.15, 0.2) is 12.7 Å². The summed E-state index contributed by atoms with van der Waals surface area (Å²) in [4.78, 5) is 9.78. The first-order chi connectivity index (χ1) is 2.81. The van der Waals surface area contributed by atoms with Gasteiger partial charge in [-0.15, -0.1) is 0 Å². The van der Waals surface area contributed by atoms with Crippen molar-refractivity contribution >= 4 is 5.97 Å². The third-order valence-corrected chi connectivity index (χ3v) is 0.309. The van der Waals surface area contributed by atoms with Gasteiger partial charge in [0.1, 0.15) is 0 Å². The van der Waals surface area contributed by atoms with Crippen LogP contribution in [0.1, 0.15) is 0 Å². The molecule has 0 unspecified atom stereocenters. The van der Waals surface area contributed by atoms with Gasteiger partial charge in [-0.05, 0) is 0 Å². The Morgan fingerprint density at radius 2 is 2.29 bits per heavy atom. The molecule has 0 N–H and O–H groups in total. The summed E-state index contributed by atoms with van der Waals surface area (Å²) in [6.45, 7) is 3.12. The first-order valence-electron chi connectivity index (χ1n) is 1.39. The van der Waals surface area contributed by atoms with Gasteiger partial charge in [0.2, 0.25) is 0 Å². The zero-order valence-corrected chi connectivity index (χ0v) is 6.31. The molecular weight excluding hydrogens is 103 g/mol. The summed E-state index contributed by atoms with van der Waals surface area (Å²) in [5.41, 5.74) is 0. The number of esters is 1. The molecule has 2 nitrogen and oxygen atoms in total. The first kappa shape index (κ1) is 10.2. The molecular formula is C4H5NaO2. The van der Waals surface area contributed by atoms with Crippen LogP contribution in [-0.4, -0.2) is 5.97 Å². The van der Waals surface area contributed by atoms with E-state index in [9.17, 15) is 4.79 Å². The second-order valence-corrected chi connectivity index (χ2v) is 0.667. The summed E-state index contributed by atoms with van der Waals surface area (Å²) in [6, 6.07) is 0. The number of hydrogen-bond donors (Lipinski definition) is 0. The summed E-state index contributed by atoms with van der Waals surface area (Å²) in [5.74, 6) is -0.505. The Balaban J connectivity index is 0. The number of carbonyl (C=O) groups is 1. The van der Waals surface area contributed by atoms with E-state index in [4.69, 9.17) is 0 Å². The number of rotatable bonds is 1. The largest absolute Gasteiger partial charge is 1.00 e. The number of carbonyl (C=O) groups excluding carboxylic acids is 1. The first-order valence-corrected chi connectivity index (χ1v) is 1.39. The van der Waals surface area contributed by atoms with Gasteiger partial charge in [0.05, 0.1) is 0 Å². The van der Waals surface area contributed by atoms with Gasteiger partial charge < -0.3 is 4.74 Å². The summed E-state index contributed by atoms with van der Waals surface area (Å²) in [7, 11) is 2.84. The van der Waals surface area contributed by atoms with Crippen LogP contribution >= 0.6 is 0 Å². The molecule has 0 atom stereocenters. The molecule has 0 aliphatic heterocycles. The molecule has 0 fully saturated rings. The molecule has 7 heavy (non-hydrogen) atoms. The van der Waals surface area contributed by atoms with E-state index in [1.165, 1.54) is 0 Å². The van der Waals surface area contributed by atoms with Crippen LogP contribution in [0.2, 0.25) is 0 Å². The molecule has 0 radical (unpaired) electrons. The molecule has 3 heteroatoms. The maximum Gasteiger partial charge on any atom is 1.00 e. The van der Waals surface area contributed by atoms with Crippen LogP contribution in [-0.2, 0) is 9.53 Å². The minimum absolute atomic E-state index is 0. The number of hydrogen-bond acceptors (Lipinski definition) is 2. The topological polar surface area (TPSA) is 26.3 Å². The van der Waals surface area contributed by atoms with Gasteiger partial charge in [0.25, 0.3) is 5.97 Å². The van der Waals surface area contributed by atoms with Crippen LogP contribution in [0.3, 0.4) is 0 Å². The van der Waals surface area contributed by atoms with Crippen molar-refractivity contribution in [1.82, 2.24) is 0 Å². The Morgan fingerprint density at radius 3 is 2.29 bits per heavy atom. The molecule has 0 aliphatic carbocycles. The predicted molar refractivity (Wildman–Crippen MR) is 21.6 cm³/mol. The van der Waals surface area contributed by atoms with Crippen molar-refractivity contribution in [1.29, 1.82) is 0 Å². The molecule has 0 saturated heterocycles. The Labute approximate surface area is 64.8 Å². The minimum Gasteiger partial charge on any atom is -0.637 e. The monoisotopic (exact) mass is 108 g/mol. The van der Waals surface area contributed by atoms with E-state index >= 15 is 0 Å². The van der Waals surface area contributed by atoms with E-state index in [1.807, 2.05) is 0 Å². The standard InChI is InChI=1S/C4H5O2.Na/c1-3-4(5)6-2;/h3H,1-2H2;/q-1;+1. The molecule has 0 spiro atoms. The molecule has 0 bridgehead atoms. The third-order valence-electron chi connectivity index (χ3n) is 0.309. The number of ether oxygens (including phenoxy) is 1. The average molecular weight is 108 g/mol. The Morgan fingerprint density at radius 1 is 1.86 bits per heavy atom. The smallest absolute Gasteiger partial charge is 0.637 e. The molecule has 0 heterocycles. The van der Waals surface area contributed by atoms with Crippen LogP contribution < -0.4 is 29.6 Å².